The van der Waals surface area contributed by atoms with Crippen LogP contribution in [0, 0.1) is 0 Å². The van der Waals surface area contributed by atoms with Crippen LogP contribution in [0.25, 0.3) is 11.1 Å². The summed E-state index contributed by atoms with van der Waals surface area (Å²) in [7, 11) is -13.8. The van der Waals surface area contributed by atoms with Crippen LogP contribution in [-0.2, 0) is 50.0 Å². The summed E-state index contributed by atoms with van der Waals surface area (Å²) in [5.74, 6) is 0.261. The second kappa shape index (κ2) is 14.1. The molecule has 4 rings (SSSR count). The maximum Gasteiger partial charge on any atom is 0.394 e. The zero-order valence-electron chi connectivity index (χ0n) is 22.2. The predicted molar refractivity (Wildman–Crippen MR) is 163 cm³/mol. The largest absolute Gasteiger partial charge is 0.394 e. The van der Waals surface area contributed by atoms with Crippen LogP contribution >= 0.6 is 23.2 Å². The van der Waals surface area contributed by atoms with Gasteiger partial charge in [0.15, 0.2) is 0 Å². The number of benzene rings is 3. The number of nitrogens with zero attached hydrogens (tertiary/aromatic N) is 2. The van der Waals surface area contributed by atoms with Gasteiger partial charge in [-0.25, -0.2) is 18.1 Å². The first-order valence-corrected chi connectivity index (χ1v) is 17.0. The first-order chi connectivity index (χ1) is 20.3. The van der Waals surface area contributed by atoms with Crippen LogP contribution in [0.15, 0.2) is 76.5 Å². The van der Waals surface area contributed by atoms with Crippen molar-refractivity contribution in [3.8, 4) is 11.1 Å². The van der Waals surface area contributed by atoms with E-state index in [1.165, 1.54) is 6.07 Å². The molecule has 0 unspecified atom stereocenters. The van der Waals surface area contributed by atoms with Gasteiger partial charge in [-0.1, -0.05) is 59.6 Å². The second-order valence-electron chi connectivity index (χ2n) is 8.92. The van der Waals surface area contributed by atoms with Crippen molar-refractivity contribution in [3.63, 3.8) is 0 Å². The lowest BCUT2D eigenvalue weighted by Crippen LogP contribution is -2.23. The molecule has 7 N–H and O–H groups in total. The number of aryl methyl sites for hydroxylation is 2. The Morgan fingerprint density at radius 2 is 1.36 bits per heavy atom. The molecule has 1 aromatic heterocycles. The van der Waals surface area contributed by atoms with Gasteiger partial charge in [0.1, 0.15) is 5.82 Å². The highest BCUT2D eigenvalue weighted by atomic mass is 35.5. The minimum atomic E-state index is -5.04. The Balaban J connectivity index is 0.000000978. The number of anilines is 2. The van der Waals surface area contributed by atoms with E-state index < -0.39 is 35.5 Å². The van der Waals surface area contributed by atoms with Crippen molar-refractivity contribution >= 4 is 65.6 Å². The first-order valence-electron chi connectivity index (χ1n) is 12.0. The molecule has 1 heterocycles. The maximum atomic E-state index is 13.3. The zero-order valence-corrected chi connectivity index (χ0v) is 26.2. The molecule has 4 aromatic rings. The summed E-state index contributed by atoms with van der Waals surface area (Å²) in [6.07, 6.45) is 1.05. The molecule has 3 aromatic carbocycles. The molecule has 0 aliphatic heterocycles. The number of sulfonamides is 1. The molecule has 0 atom stereocenters. The van der Waals surface area contributed by atoms with Crippen LogP contribution in [0.4, 0.5) is 15.7 Å². The molecular formula is C25H24Cl2FN5O8S3. The quantitative estimate of drug-likeness (QED) is 0.123. The SMILES string of the molecule is Nc1nc(N)c(-c2ccc(Cl)c(Cl)c2)c(CCc2ccc(CNS(=O)(=O)c3cccc(S(=O)(=O)F)c3)cc2)n1.O=S(=O)(O)O. The number of nitrogens with two attached hydrogens (primary N) is 2. The van der Waals surface area contributed by atoms with E-state index in [2.05, 4.69) is 14.7 Å². The topological polar surface area (TPSA) is 233 Å². The fourth-order valence-electron chi connectivity index (χ4n) is 3.83. The number of hydrogen-bond acceptors (Lipinski definition) is 10. The van der Waals surface area contributed by atoms with Crippen LogP contribution in [-0.4, -0.2) is 44.3 Å². The van der Waals surface area contributed by atoms with E-state index >= 15 is 0 Å². The van der Waals surface area contributed by atoms with Gasteiger partial charge in [-0.3, -0.25) is 9.11 Å². The lowest BCUT2D eigenvalue weighted by Gasteiger charge is -2.13. The fourth-order valence-corrected chi connectivity index (χ4v) is 5.78. The van der Waals surface area contributed by atoms with Crippen LogP contribution in [0.1, 0.15) is 16.8 Å². The average molecular weight is 709 g/mol. The third-order valence-corrected chi connectivity index (χ3v) is 8.73. The third kappa shape index (κ3) is 10.3. The molecule has 0 aliphatic carbocycles. The Kier molecular flexibility index (Phi) is 11.3. The molecule has 19 heteroatoms. The minimum Gasteiger partial charge on any atom is -0.383 e. The maximum absolute atomic E-state index is 13.3. The van der Waals surface area contributed by atoms with Gasteiger partial charge in [0.2, 0.25) is 16.0 Å². The summed E-state index contributed by atoms with van der Waals surface area (Å²) in [6, 6.07) is 16.4. The van der Waals surface area contributed by atoms with Crippen molar-refractivity contribution in [1.82, 2.24) is 14.7 Å². The molecule has 0 aliphatic rings. The summed E-state index contributed by atoms with van der Waals surface area (Å²) in [5, 5.41) is 0.767. The van der Waals surface area contributed by atoms with Crippen LogP contribution < -0.4 is 16.2 Å². The Morgan fingerprint density at radius 1 is 0.773 bits per heavy atom. The molecule has 44 heavy (non-hydrogen) atoms. The smallest absolute Gasteiger partial charge is 0.383 e. The first kappa shape index (κ1) is 35.1. The van der Waals surface area contributed by atoms with E-state index in [9.17, 15) is 20.7 Å². The highest BCUT2D eigenvalue weighted by molar-refractivity contribution is 7.89. The summed E-state index contributed by atoms with van der Waals surface area (Å²) in [5.41, 5.74) is 15.5. The van der Waals surface area contributed by atoms with Crippen LogP contribution in [0.5, 0.6) is 0 Å². The minimum absolute atomic E-state index is 0.0450. The van der Waals surface area contributed by atoms with E-state index in [0.717, 1.165) is 23.8 Å². The highest BCUT2D eigenvalue weighted by Crippen LogP contribution is 2.33. The average Bonchev–Trinajstić information content (AvgIpc) is 2.91. The molecule has 0 fully saturated rings. The van der Waals surface area contributed by atoms with Gasteiger partial charge < -0.3 is 11.5 Å². The number of rotatable bonds is 9. The van der Waals surface area contributed by atoms with E-state index in [-0.39, 0.29) is 23.2 Å². The molecule has 0 saturated heterocycles. The van der Waals surface area contributed by atoms with Crippen molar-refractivity contribution in [2.24, 2.45) is 0 Å². The van der Waals surface area contributed by atoms with Crippen LogP contribution in [0.3, 0.4) is 0 Å². The summed E-state index contributed by atoms with van der Waals surface area (Å²) >= 11 is 12.2. The normalized spacial score (nSPS) is 11.9. The number of halogens is 3. The van der Waals surface area contributed by atoms with Gasteiger partial charge in [-0.15, -0.1) is 3.89 Å². The molecule has 236 valence electrons. The monoisotopic (exact) mass is 707 g/mol. The van der Waals surface area contributed by atoms with Crippen molar-refractivity contribution in [2.75, 3.05) is 11.5 Å². The van der Waals surface area contributed by atoms with Gasteiger partial charge in [-0.2, -0.15) is 21.8 Å². The zero-order chi connectivity index (χ0) is 32.9. The second-order valence-corrected chi connectivity index (χ2v) is 13.7. The summed E-state index contributed by atoms with van der Waals surface area (Å²) in [6.45, 7) is -0.0599. The lowest BCUT2D eigenvalue weighted by molar-refractivity contribution is 0.381. The number of hydrogen-bond donors (Lipinski definition) is 5. The van der Waals surface area contributed by atoms with Gasteiger partial charge in [0, 0.05) is 12.1 Å². The van der Waals surface area contributed by atoms with Gasteiger partial charge in [0.05, 0.1) is 25.5 Å². The third-order valence-electron chi connectivity index (χ3n) is 5.77. The van der Waals surface area contributed by atoms with Crippen molar-refractivity contribution < 1.29 is 38.2 Å². The van der Waals surface area contributed by atoms with Gasteiger partial charge >= 0.3 is 20.6 Å². The molecule has 0 spiro atoms. The Labute approximate surface area is 262 Å². The van der Waals surface area contributed by atoms with E-state index in [1.807, 2.05) is 12.1 Å². The molecule has 0 radical (unpaired) electrons. The number of nitrogen functional groups attached to an aromatic ring is 2. The van der Waals surface area contributed by atoms with E-state index in [4.69, 9.17) is 52.2 Å². The van der Waals surface area contributed by atoms with Crippen molar-refractivity contribution in [2.45, 2.75) is 29.2 Å². The van der Waals surface area contributed by atoms with Gasteiger partial charge in [-0.05, 0) is 59.9 Å². The number of nitrogens with one attached hydrogen (secondary N) is 1. The lowest BCUT2D eigenvalue weighted by atomic mass is 9.99. The number of aromatic nitrogens is 2. The predicted octanol–water partition coefficient (Wildman–Crippen LogP) is 3.88. The van der Waals surface area contributed by atoms with Crippen LogP contribution in [0.2, 0.25) is 10.0 Å². The van der Waals surface area contributed by atoms with E-state index in [0.29, 0.717) is 45.3 Å². The van der Waals surface area contributed by atoms with Gasteiger partial charge in [0.25, 0.3) is 0 Å². The van der Waals surface area contributed by atoms with E-state index in [1.54, 1.807) is 30.3 Å². The van der Waals surface area contributed by atoms with Crippen molar-refractivity contribution in [3.05, 3.63) is 93.6 Å². The summed E-state index contributed by atoms with van der Waals surface area (Å²) < 4.78 is 94.6. The fraction of sp³-hybridized carbons (Fsp3) is 0.120. The van der Waals surface area contributed by atoms with Crippen molar-refractivity contribution in [1.29, 1.82) is 0 Å². The molecule has 0 amide bonds. The summed E-state index contributed by atoms with van der Waals surface area (Å²) in [4.78, 5) is 7.35. The Hall–Kier alpha value is -3.42. The highest BCUT2D eigenvalue weighted by Gasteiger charge is 2.19. The molecule has 0 bridgehead atoms. The molecule has 0 saturated carbocycles. The Morgan fingerprint density at radius 3 is 1.95 bits per heavy atom. The standard InChI is InChI=1S/C25H22Cl2FN5O4S2.H2O4S/c26-20-10-9-17(12-21(20)27)23-22(32-25(30)33-24(23)29)11-8-15-4-6-16(7-5-15)14-31-39(36,37)19-3-1-2-18(13-19)38(28,34)35;1-5(2,3)4/h1-7,9-10,12-13,31H,8,11,14H2,(H4,29,30,32,33);(H2,1,2,3,4). The molecule has 13 nitrogen and oxygen atoms in total. The molecular weight excluding hydrogens is 684 g/mol. The Bertz CT molecular complexity index is 1990.